The minimum atomic E-state index is -4.45. The first-order valence-electron chi connectivity index (χ1n) is 11.5. The predicted octanol–water partition coefficient (Wildman–Crippen LogP) is 4.50. The number of aromatic nitrogens is 5. The zero-order valence-corrected chi connectivity index (χ0v) is 19.5. The maximum atomic E-state index is 13.3. The topological polar surface area (TPSA) is 68.3 Å². The van der Waals surface area contributed by atoms with E-state index >= 15 is 0 Å². The molecule has 0 saturated carbocycles. The molecule has 0 bridgehead atoms. The second-order valence-corrected chi connectivity index (χ2v) is 8.95. The van der Waals surface area contributed by atoms with Crippen LogP contribution in [0.5, 0.6) is 0 Å². The van der Waals surface area contributed by atoms with Crippen LogP contribution in [0.3, 0.4) is 0 Å². The SMILES string of the molecule is Cc1nn(-c2ccccc2)c(C)c1CC(=O)N1CCCC(c2nnc3ccc(C(F)(F)F)cn23)C1. The molecule has 1 unspecified atom stereocenters. The van der Waals surface area contributed by atoms with Crippen molar-refractivity contribution in [2.75, 3.05) is 13.1 Å². The second-order valence-electron chi connectivity index (χ2n) is 8.95. The zero-order valence-electron chi connectivity index (χ0n) is 19.5. The number of nitrogens with zero attached hydrogens (tertiary/aromatic N) is 6. The van der Waals surface area contributed by atoms with Crippen LogP contribution in [0.4, 0.5) is 13.2 Å². The van der Waals surface area contributed by atoms with E-state index in [-0.39, 0.29) is 18.2 Å². The molecule has 5 rings (SSSR count). The van der Waals surface area contributed by atoms with Crippen molar-refractivity contribution in [3.8, 4) is 5.69 Å². The molecule has 10 heteroatoms. The van der Waals surface area contributed by atoms with E-state index in [2.05, 4.69) is 15.3 Å². The number of carbonyl (C=O) groups is 1. The summed E-state index contributed by atoms with van der Waals surface area (Å²) in [5.41, 5.74) is 3.15. The van der Waals surface area contributed by atoms with Gasteiger partial charge in [-0.1, -0.05) is 18.2 Å². The first-order chi connectivity index (χ1) is 16.7. The normalized spacial score (nSPS) is 16.7. The number of carbonyl (C=O) groups excluding carboxylic acids is 1. The molecule has 1 amide bonds. The number of para-hydroxylation sites is 1. The Balaban J connectivity index is 1.36. The summed E-state index contributed by atoms with van der Waals surface area (Å²) in [6.45, 7) is 4.84. The van der Waals surface area contributed by atoms with Gasteiger partial charge in [-0.3, -0.25) is 9.20 Å². The summed E-state index contributed by atoms with van der Waals surface area (Å²) in [5.74, 6) is 0.228. The molecule has 1 aliphatic rings. The monoisotopic (exact) mass is 482 g/mol. The fourth-order valence-corrected chi connectivity index (χ4v) is 4.78. The lowest BCUT2D eigenvalue weighted by molar-refractivity contribution is -0.137. The Bertz CT molecular complexity index is 1380. The third-order valence-electron chi connectivity index (χ3n) is 6.67. The first kappa shape index (κ1) is 23.1. The van der Waals surface area contributed by atoms with Crippen molar-refractivity contribution in [2.24, 2.45) is 0 Å². The van der Waals surface area contributed by atoms with Gasteiger partial charge in [-0.15, -0.1) is 10.2 Å². The molecule has 1 aliphatic heterocycles. The molecule has 1 atom stereocenters. The number of piperidine rings is 1. The van der Waals surface area contributed by atoms with E-state index in [0.717, 1.165) is 47.7 Å². The van der Waals surface area contributed by atoms with Crippen molar-refractivity contribution in [1.29, 1.82) is 0 Å². The highest BCUT2D eigenvalue weighted by Crippen LogP contribution is 2.31. The molecular formula is C25H25F3N6O. The number of fused-ring (bicyclic) bond motifs is 1. The minimum absolute atomic E-state index is 0.0293. The van der Waals surface area contributed by atoms with E-state index in [4.69, 9.17) is 0 Å². The van der Waals surface area contributed by atoms with Gasteiger partial charge in [0.25, 0.3) is 0 Å². The predicted molar refractivity (Wildman–Crippen MR) is 123 cm³/mol. The lowest BCUT2D eigenvalue weighted by atomic mass is 9.96. The Morgan fingerprint density at radius 1 is 1.09 bits per heavy atom. The molecule has 4 aromatic rings. The molecule has 0 spiro atoms. The smallest absolute Gasteiger partial charge is 0.342 e. The standard InChI is InChI=1S/C25H25F3N6O/c1-16-21(17(2)34(31-16)20-8-4-3-5-9-20)13-23(35)32-12-6-7-18(14-32)24-30-29-22-11-10-19(15-33(22)24)25(26,27)28/h3-5,8-11,15,18H,6-7,12-14H2,1-2H3. The third-order valence-corrected chi connectivity index (χ3v) is 6.67. The van der Waals surface area contributed by atoms with Crippen LogP contribution < -0.4 is 0 Å². The van der Waals surface area contributed by atoms with Crippen molar-refractivity contribution < 1.29 is 18.0 Å². The Morgan fingerprint density at radius 2 is 1.86 bits per heavy atom. The Hall–Kier alpha value is -3.69. The van der Waals surface area contributed by atoms with Gasteiger partial charge in [0.2, 0.25) is 5.91 Å². The lowest BCUT2D eigenvalue weighted by Crippen LogP contribution is -2.40. The summed E-state index contributed by atoms with van der Waals surface area (Å²) in [7, 11) is 0. The van der Waals surface area contributed by atoms with Crippen molar-refractivity contribution in [1.82, 2.24) is 29.3 Å². The highest BCUT2D eigenvalue weighted by molar-refractivity contribution is 5.79. The van der Waals surface area contributed by atoms with Gasteiger partial charge in [0, 0.05) is 36.5 Å². The molecule has 3 aromatic heterocycles. The van der Waals surface area contributed by atoms with Gasteiger partial charge in [0.1, 0.15) is 5.82 Å². The number of benzene rings is 1. The highest BCUT2D eigenvalue weighted by Gasteiger charge is 2.33. The molecule has 4 heterocycles. The number of halogens is 3. The maximum Gasteiger partial charge on any atom is 0.417 e. The van der Waals surface area contributed by atoms with Crippen LogP contribution in [-0.4, -0.2) is 48.3 Å². The summed E-state index contributed by atoms with van der Waals surface area (Å²) >= 11 is 0. The van der Waals surface area contributed by atoms with Crippen molar-refractivity contribution in [3.63, 3.8) is 0 Å². The Kier molecular flexibility index (Phi) is 5.82. The van der Waals surface area contributed by atoms with Crippen LogP contribution in [0.1, 0.15) is 47.1 Å². The van der Waals surface area contributed by atoms with Crippen molar-refractivity contribution in [3.05, 3.63) is 77.0 Å². The number of likely N-dealkylation sites (tertiary alicyclic amines) is 1. The van der Waals surface area contributed by atoms with Gasteiger partial charge < -0.3 is 4.90 Å². The molecule has 0 radical (unpaired) electrons. The van der Waals surface area contributed by atoms with Crippen LogP contribution in [0, 0.1) is 13.8 Å². The molecule has 1 saturated heterocycles. The van der Waals surface area contributed by atoms with E-state index in [1.54, 1.807) is 4.90 Å². The maximum absolute atomic E-state index is 13.3. The summed E-state index contributed by atoms with van der Waals surface area (Å²) < 4.78 is 42.9. The van der Waals surface area contributed by atoms with Crippen LogP contribution in [0.2, 0.25) is 0 Å². The fourth-order valence-electron chi connectivity index (χ4n) is 4.78. The average Bonchev–Trinajstić information content (AvgIpc) is 3.40. The molecular weight excluding hydrogens is 457 g/mol. The minimum Gasteiger partial charge on any atom is -0.342 e. The molecule has 0 aliphatic carbocycles. The van der Waals surface area contributed by atoms with E-state index in [1.165, 1.54) is 10.5 Å². The molecule has 35 heavy (non-hydrogen) atoms. The number of rotatable bonds is 4. The van der Waals surface area contributed by atoms with Crippen LogP contribution >= 0.6 is 0 Å². The second kappa shape index (κ2) is 8.83. The lowest BCUT2D eigenvalue weighted by Gasteiger charge is -2.32. The van der Waals surface area contributed by atoms with Gasteiger partial charge in [-0.25, -0.2) is 4.68 Å². The molecule has 0 N–H and O–H groups in total. The molecule has 1 aromatic carbocycles. The van der Waals surface area contributed by atoms with Gasteiger partial charge in [0.15, 0.2) is 5.65 Å². The van der Waals surface area contributed by atoms with Crippen LogP contribution in [-0.2, 0) is 17.4 Å². The number of amides is 1. The number of pyridine rings is 1. The van der Waals surface area contributed by atoms with E-state index in [1.807, 2.05) is 48.9 Å². The largest absolute Gasteiger partial charge is 0.417 e. The van der Waals surface area contributed by atoms with Crippen molar-refractivity contribution in [2.45, 2.75) is 45.2 Å². The molecule has 182 valence electrons. The fraction of sp³-hybridized carbons (Fsp3) is 0.360. The molecule has 1 fully saturated rings. The summed E-state index contributed by atoms with van der Waals surface area (Å²) in [6, 6.07) is 12.1. The zero-order chi connectivity index (χ0) is 24.7. The quantitative estimate of drug-likeness (QED) is 0.430. The van der Waals surface area contributed by atoms with Gasteiger partial charge >= 0.3 is 6.18 Å². The van der Waals surface area contributed by atoms with Crippen LogP contribution in [0.25, 0.3) is 11.3 Å². The van der Waals surface area contributed by atoms with E-state index in [0.29, 0.717) is 24.6 Å². The number of hydrogen-bond donors (Lipinski definition) is 0. The van der Waals surface area contributed by atoms with Crippen LogP contribution in [0.15, 0.2) is 48.7 Å². The summed E-state index contributed by atoms with van der Waals surface area (Å²) in [5, 5.41) is 12.8. The Morgan fingerprint density at radius 3 is 2.60 bits per heavy atom. The van der Waals surface area contributed by atoms with Crippen molar-refractivity contribution >= 4 is 11.6 Å². The van der Waals surface area contributed by atoms with E-state index < -0.39 is 11.7 Å². The number of hydrogen-bond acceptors (Lipinski definition) is 4. The third kappa shape index (κ3) is 4.40. The van der Waals surface area contributed by atoms with Gasteiger partial charge in [-0.05, 0) is 51.0 Å². The highest BCUT2D eigenvalue weighted by atomic mass is 19.4. The number of aryl methyl sites for hydroxylation is 1. The summed E-state index contributed by atoms with van der Waals surface area (Å²) in [4.78, 5) is 15.1. The number of alkyl halides is 3. The first-order valence-corrected chi connectivity index (χ1v) is 11.5. The Labute approximate surface area is 200 Å². The average molecular weight is 483 g/mol. The van der Waals surface area contributed by atoms with Gasteiger partial charge in [-0.2, -0.15) is 18.3 Å². The molecule has 7 nitrogen and oxygen atoms in total. The van der Waals surface area contributed by atoms with E-state index in [9.17, 15) is 18.0 Å². The summed E-state index contributed by atoms with van der Waals surface area (Å²) in [6.07, 6.45) is -1.73. The van der Waals surface area contributed by atoms with Gasteiger partial charge in [0.05, 0.1) is 23.4 Å².